The number of amides is 1. The van der Waals surface area contributed by atoms with Gasteiger partial charge in [0.25, 0.3) is 5.91 Å². The first kappa shape index (κ1) is 17.1. The third kappa shape index (κ3) is 3.62. The van der Waals surface area contributed by atoms with Gasteiger partial charge in [0.15, 0.2) is 0 Å². The lowest BCUT2D eigenvalue weighted by Crippen LogP contribution is -2.39. The molecule has 2 atom stereocenters. The van der Waals surface area contributed by atoms with Crippen molar-refractivity contribution in [1.29, 1.82) is 0 Å². The number of hydrogen-bond acceptors (Lipinski definition) is 3. The lowest BCUT2D eigenvalue weighted by Gasteiger charge is -2.30. The van der Waals surface area contributed by atoms with Crippen LogP contribution >= 0.6 is 0 Å². The SMILES string of the molecule is CCN1CC2C(C1)C2CN(CC1CCCCC1)C(=O)c1cn(C)cn1. The van der Waals surface area contributed by atoms with Crippen molar-refractivity contribution >= 4 is 5.91 Å². The summed E-state index contributed by atoms with van der Waals surface area (Å²) in [5.74, 6) is 3.20. The molecule has 1 aromatic heterocycles. The smallest absolute Gasteiger partial charge is 0.274 e. The summed E-state index contributed by atoms with van der Waals surface area (Å²) in [6.07, 6.45) is 10.2. The zero-order valence-electron chi connectivity index (χ0n) is 15.7. The molecule has 1 aliphatic heterocycles. The fraction of sp³-hybridized carbons (Fsp3) is 0.800. The molecule has 5 heteroatoms. The monoisotopic (exact) mass is 344 g/mol. The van der Waals surface area contributed by atoms with E-state index in [1.165, 1.54) is 51.7 Å². The first-order chi connectivity index (χ1) is 12.2. The first-order valence-corrected chi connectivity index (χ1v) is 10.1. The highest BCUT2D eigenvalue weighted by Gasteiger charge is 2.55. The van der Waals surface area contributed by atoms with Gasteiger partial charge in [0.1, 0.15) is 5.69 Å². The number of carbonyl (C=O) groups is 1. The maximum Gasteiger partial charge on any atom is 0.274 e. The molecule has 3 aliphatic rings. The number of aromatic nitrogens is 2. The van der Waals surface area contributed by atoms with Crippen molar-refractivity contribution in [3.63, 3.8) is 0 Å². The van der Waals surface area contributed by atoms with Gasteiger partial charge in [-0.25, -0.2) is 4.98 Å². The van der Waals surface area contributed by atoms with Gasteiger partial charge in [0, 0.05) is 39.4 Å². The number of aryl methyl sites for hydroxylation is 1. The molecule has 138 valence electrons. The molecule has 0 spiro atoms. The fourth-order valence-electron chi connectivity index (χ4n) is 5.13. The van der Waals surface area contributed by atoms with Gasteiger partial charge >= 0.3 is 0 Å². The normalized spacial score (nSPS) is 29.6. The molecule has 25 heavy (non-hydrogen) atoms. The largest absolute Gasteiger partial charge is 0.340 e. The van der Waals surface area contributed by atoms with Crippen molar-refractivity contribution in [3.8, 4) is 0 Å². The summed E-state index contributed by atoms with van der Waals surface area (Å²) in [6.45, 7) is 7.77. The summed E-state index contributed by atoms with van der Waals surface area (Å²) < 4.78 is 1.87. The van der Waals surface area contributed by atoms with Crippen LogP contribution in [0.15, 0.2) is 12.5 Å². The Labute approximate surface area is 151 Å². The van der Waals surface area contributed by atoms with Crippen molar-refractivity contribution < 1.29 is 4.79 Å². The van der Waals surface area contributed by atoms with Crippen LogP contribution in [0.4, 0.5) is 0 Å². The van der Waals surface area contributed by atoms with Crippen molar-refractivity contribution in [3.05, 3.63) is 18.2 Å². The van der Waals surface area contributed by atoms with E-state index in [1.807, 2.05) is 17.8 Å². The van der Waals surface area contributed by atoms with Crippen LogP contribution in [-0.2, 0) is 7.05 Å². The van der Waals surface area contributed by atoms with E-state index in [4.69, 9.17) is 0 Å². The molecule has 0 N–H and O–H groups in total. The van der Waals surface area contributed by atoms with E-state index in [2.05, 4.69) is 21.7 Å². The number of hydrogen-bond donors (Lipinski definition) is 0. The highest BCUT2D eigenvalue weighted by molar-refractivity contribution is 5.92. The van der Waals surface area contributed by atoms with Gasteiger partial charge in [-0.2, -0.15) is 0 Å². The number of carbonyl (C=O) groups excluding carboxylic acids is 1. The highest BCUT2D eigenvalue weighted by Crippen LogP contribution is 2.52. The highest BCUT2D eigenvalue weighted by atomic mass is 16.2. The number of likely N-dealkylation sites (tertiary alicyclic amines) is 1. The zero-order chi connectivity index (χ0) is 17.4. The molecule has 3 fully saturated rings. The minimum absolute atomic E-state index is 0.142. The fourth-order valence-corrected chi connectivity index (χ4v) is 5.13. The van der Waals surface area contributed by atoms with Crippen LogP contribution in [-0.4, -0.2) is 58.0 Å². The first-order valence-electron chi connectivity index (χ1n) is 10.1. The molecular weight excluding hydrogens is 312 g/mol. The molecule has 5 nitrogen and oxygen atoms in total. The summed E-state index contributed by atoms with van der Waals surface area (Å²) in [4.78, 5) is 22.1. The van der Waals surface area contributed by atoms with Gasteiger partial charge in [0.05, 0.1) is 6.33 Å². The molecule has 0 aromatic carbocycles. The molecular formula is C20H32N4O. The van der Waals surface area contributed by atoms with Gasteiger partial charge < -0.3 is 14.4 Å². The van der Waals surface area contributed by atoms with E-state index in [0.29, 0.717) is 11.6 Å². The Morgan fingerprint density at radius 1 is 1.20 bits per heavy atom. The van der Waals surface area contributed by atoms with E-state index < -0.39 is 0 Å². The number of piperidine rings is 1. The van der Waals surface area contributed by atoms with Crippen molar-refractivity contribution in [2.24, 2.45) is 30.7 Å². The third-order valence-corrected chi connectivity index (χ3v) is 6.74. The molecule has 2 saturated carbocycles. The Morgan fingerprint density at radius 2 is 1.92 bits per heavy atom. The Bertz CT molecular complexity index is 595. The van der Waals surface area contributed by atoms with Crippen LogP contribution < -0.4 is 0 Å². The quantitative estimate of drug-likeness (QED) is 0.797. The second-order valence-corrected chi connectivity index (χ2v) is 8.48. The lowest BCUT2D eigenvalue weighted by atomic mass is 9.89. The van der Waals surface area contributed by atoms with Crippen LogP contribution in [0.3, 0.4) is 0 Å². The third-order valence-electron chi connectivity index (χ3n) is 6.74. The van der Waals surface area contributed by atoms with Crippen LogP contribution in [0, 0.1) is 23.7 Å². The second-order valence-electron chi connectivity index (χ2n) is 8.48. The number of fused-ring (bicyclic) bond motifs is 1. The Balaban J connectivity index is 1.41. The van der Waals surface area contributed by atoms with E-state index in [0.717, 1.165) is 30.8 Å². The van der Waals surface area contributed by atoms with Gasteiger partial charge in [-0.15, -0.1) is 0 Å². The van der Waals surface area contributed by atoms with Gasteiger partial charge in [-0.3, -0.25) is 4.79 Å². The van der Waals surface area contributed by atoms with Crippen LogP contribution in [0.2, 0.25) is 0 Å². The molecule has 4 rings (SSSR count). The number of nitrogens with zero attached hydrogens (tertiary/aromatic N) is 4. The second kappa shape index (κ2) is 7.10. The average molecular weight is 345 g/mol. The minimum atomic E-state index is 0.142. The van der Waals surface area contributed by atoms with Crippen molar-refractivity contribution in [2.75, 3.05) is 32.7 Å². The van der Waals surface area contributed by atoms with Gasteiger partial charge in [0.2, 0.25) is 0 Å². The maximum absolute atomic E-state index is 13.1. The Morgan fingerprint density at radius 3 is 2.52 bits per heavy atom. The lowest BCUT2D eigenvalue weighted by molar-refractivity contribution is 0.0688. The maximum atomic E-state index is 13.1. The van der Waals surface area contributed by atoms with E-state index in [1.54, 1.807) is 6.33 Å². The van der Waals surface area contributed by atoms with Gasteiger partial charge in [-0.05, 0) is 43.1 Å². The van der Waals surface area contributed by atoms with E-state index in [9.17, 15) is 4.79 Å². The molecule has 1 aromatic rings. The summed E-state index contributed by atoms with van der Waals surface area (Å²) in [6, 6.07) is 0. The molecule has 0 radical (unpaired) electrons. The molecule has 0 bridgehead atoms. The standard InChI is InChI=1S/C20H32N4O/c1-3-23-10-16-17(11-23)18(16)12-24(9-15-7-5-4-6-8-15)20(25)19-13-22(2)14-21-19/h13-18H,3-12H2,1-2H3. The number of imidazole rings is 1. The van der Waals surface area contributed by atoms with E-state index in [-0.39, 0.29) is 5.91 Å². The molecule has 2 unspecified atom stereocenters. The summed E-state index contributed by atoms with van der Waals surface area (Å²) in [5.41, 5.74) is 0.610. The average Bonchev–Trinajstić information content (AvgIpc) is 2.98. The summed E-state index contributed by atoms with van der Waals surface area (Å²) in [7, 11) is 1.93. The zero-order valence-corrected chi connectivity index (χ0v) is 15.7. The molecule has 1 amide bonds. The Kier molecular flexibility index (Phi) is 4.85. The predicted octanol–water partition coefficient (Wildman–Crippen LogP) is 2.64. The van der Waals surface area contributed by atoms with E-state index >= 15 is 0 Å². The van der Waals surface area contributed by atoms with Crippen molar-refractivity contribution in [2.45, 2.75) is 39.0 Å². The van der Waals surface area contributed by atoms with Crippen LogP contribution in [0.1, 0.15) is 49.5 Å². The molecule has 1 saturated heterocycles. The topological polar surface area (TPSA) is 41.4 Å². The van der Waals surface area contributed by atoms with Crippen LogP contribution in [0.25, 0.3) is 0 Å². The number of rotatable bonds is 6. The summed E-state index contributed by atoms with van der Waals surface area (Å²) >= 11 is 0. The van der Waals surface area contributed by atoms with Crippen LogP contribution in [0.5, 0.6) is 0 Å². The summed E-state index contributed by atoms with van der Waals surface area (Å²) in [5, 5.41) is 0. The predicted molar refractivity (Wildman–Crippen MR) is 98.3 cm³/mol. The minimum Gasteiger partial charge on any atom is -0.340 e. The van der Waals surface area contributed by atoms with Gasteiger partial charge in [-0.1, -0.05) is 26.2 Å². The molecule has 2 heterocycles. The Hall–Kier alpha value is -1.36. The molecule has 2 aliphatic carbocycles. The van der Waals surface area contributed by atoms with Crippen molar-refractivity contribution in [1.82, 2.24) is 19.4 Å².